The van der Waals surface area contributed by atoms with Crippen molar-refractivity contribution in [3.8, 4) is 0 Å². The fraction of sp³-hybridized carbons (Fsp3) is 0.375. The molecule has 0 bridgehead atoms. The minimum Gasteiger partial charge on any atom is -0.341 e. The number of hydrogen-bond acceptors (Lipinski definition) is 5. The number of halogens is 2. The Kier molecular flexibility index (Phi) is 5.24. The van der Waals surface area contributed by atoms with E-state index in [2.05, 4.69) is 19.6 Å². The van der Waals surface area contributed by atoms with Gasteiger partial charge < -0.3 is 4.90 Å². The number of rotatable bonds is 5. The Morgan fingerprint density at radius 1 is 1.08 bits per heavy atom. The summed E-state index contributed by atoms with van der Waals surface area (Å²) in [6.45, 7) is 1.65. The lowest BCUT2D eigenvalue weighted by molar-refractivity contribution is 0.559. The summed E-state index contributed by atoms with van der Waals surface area (Å²) >= 11 is 0. The third kappa shape index (κ3) is 4.49. The van der Waals surface area contributed by atoms with Crippen LogP contribution in [0.1, 0.15) is 25.0 Å². The maximum absolute atomic E-state index is 13.2. The van der Waals surface area contributed by atoms with E-state index in [-0.39, 0.29) is 6.54 Å². The van der Waals surface area contributed by atoms with E-state index in [9.17, 15) is 17.2 Å². The van der Waals surface area contributed by atoms with Crippen LogP contribution in [0.4, 0.5) is 14.7 Å². The molecule has 6 nitrogen and oxygen atoms in total. The van der Waals surface area contributed by atoms with Crippen molar-refractivity contribution in [3.63, 3.8) is 0 Å². The predicted octanol–water partition coefficient (Wildman–Crippen LogP) is 2.22. The van der Waals surface area contributed by atoms with Gasteiger partial charge in [0.2, 0.25) is 16.0 Å². The lowest BCUT2D eigenvalue weighted by Crippen LogP contribution is -2.31. The molecule has 9 heteroatoms. The van der Waals surface area contributed by atoms with Gasteiger partial charge >= 0.3 is 0 Å². The van der Waals surface area contributed by atoms with Crippen LogP contribution in [-0.4, -0.2) is 31.5 Å². The molecule has 1 N–H and O–H groups in total. The SMILES string of the molecule is O=S(=O)(NCc1ccnc(N2CCCCC2)n1)c1cc(F)cc(F)c1. The average Bonchev–Trinajstić information content (AvgIpc) is 2.60. The maximum Gasteiger partial charge on any atom is 0.241 e. The van der Waals surface area contributed by atoms with Gasteiger partial charge in [-0.05, 0) is 37.5 Å². The van der Waals surface area contributed by atoms with E-state index in [4.69, 9.17) is 0 Å². The smallest absolute Gasteiger partial charge is 0.241 e. The molecular formula is C16H18F2N4O2S. The zero-order valence-electron chi connectivity index (χ0n) is 13.5. The third-order valence-corrected chi connectivity index (χ3v) is 5.31. The van der Waals surface area contributed by atoms with Crippen molar-refractivity contribution >= 4 is 16.0 Å². The molecule has 1 aliphatic heterocycles. The van der Waals surface area contributed by atoms with Crippen molar-refractivity contribution in [2.24, 2.45) is 0 Å². The summed E-state index contributed by atoms with van der Waals surface area (Å²) in [5.41, 5.74) is 0.482. The van der Waals surface area contributed by atoms with E-state index >= 15 is 0 Å². The number of hydrogen-bond donors (Lipinski definition) is 1. The molecule has 0 atom stereocenters. The fourth-order valence-corrected chi connectivity index (χ4v) is 3.71. The minimum atomic E-state index is -4.05. The number of benzene rings is 1. The van der Waals surface area contributed by atoms with Crippen LogP contribution >= 0.6 is 0 Å². The van der Waals surface area contributed by atoms with Crippen LogP contribution in [0.2, 0.25) is 0 Å². The standard InChI is InChI=1S/C16H18F2N4O2S/c17-12-8-13(18)10-15(9-12)25(23,24)20-11-14-4-5-19-16(21-14)22-6-2-1-3-7-22/h4-5,8-10,20H,1-3,6-7,11H2. The van der Waals surface area contributed by atoms with Gasteiger partial charge in [0.15, 0.2) is 0 Å². The molecule has 134 valence electrons. The van der Waals surface area contributed by atoms with E-state index in [1.807, 2.05) is 0 Å². The summed E-state index contributed by atoms with van der Waals surface area (Å²) in [6.07, 6.45) is 4.90. The van der Waals surface area contributed by atoms with Crippen LogP contribution < -0.4 is 9.62 Å². The Bertz CT molecular complexity index is 835. The number of piperidine rings is 1. The largest absolute Gasteiger partial charge is 0.341 e. The Hall–Kier alpha value is -2.13. The molecule has 2 heterocycles. The van der Waals surface area contributed by atoms with Crippen molar-refractivity contribution in [1.82, 2.24) is 14.7 Å². The van der Waals surface area contributed by atoms with Crippen LogP contribution in [-0.2, 0) is 16.6 Å². The molecule has 1 aliphatic rings. The molecule has 1 fully saturated rings. The van der Waals surface area contributed by atoms with Crippen LogP contribution in [0.3, 0.4) is 0 Å². The fourth-order valence-electron chi connectivity index (χ4n) is 2.67. The van der Waals surface area contributed by atoms with Crippen molar-refractivity contribution in [3.05, 3.63) is 47.8 Å². The van der Waals surface area contributed by atoms with Gasteiger partial charge in [0.1, 0.15) is 11.6 Å². The number of aromatic nitrogens is 2. The molecule has 0 unspecified atom stereocenters. The molecule has 1 saturated heterocycles. The van der Waals surface area contributed by atoms with Gasteiger partial charge in [0.05, 0.1) is 17.1 Å². The molecule has 1 aromatic heterocycles. The van der Waals surface area contributed by atoms with Crippen LogP contribution in [0.25, 0.3) is 0 Å². The van der Waals surface area contributed by atoms with Crippen molar-refractivity contribution in [2.45, 2.75) is 30.7 Å². The summed E-state index contributed by atoms with van der Waals surface area (Å²) in [4.78, 5) is 10.2. The Balaban J connectivity index is 1.72. The van der Waals surface area contributed by atoms with Crippen molar-refractivity contribution in [2.75, 3.05) is 18.0 Å². The quantitative estimate of drug-likeness (QED) is 0.876. The van der Waals surface area contributed by atoms with Gasteiger partial charge in [-0.3, -0.25) is 0 Å². The molecule has 0 spiro atoms. The molecular weight excluding hydrogens is 350 g/mol. The van der Waals surface area contributed by atoms with Gasteiger partial charge in [-0.1, -0.05) is 0 Å². The molecule has 3 rings (SSSR count). The van der Waals surface area contributed by atoms with Crippen LogP contribution in [0.15, 0.2) is 35.4 Å². The molecule has 0 amide bonds. The molecule has 0 aliphatic carbocycles. The van der Waals surface area contributed by atoms with Gasteiger partial charge in [-0.2, -0.15) is 0 Å². The van der Waals surface area contributed by atoms with Crippen molar-refractivity contribution < 1.29 is 17.2 Å². The van der Waals surface area contributed by atoms with E-state index in [0.29, 0.717) is 17.7 Å². The monoisotopic (exact) mass is 368 g/mol. The molecule has 25 heavy (non-hydrogen) atoms. The zero-order chi connectivity index (χ0) is 17.9. The molecule has 1 aromatic carbocycles. The molecule has 0 radical (unpaired) electrons. The van der Waals surface area contributed by atoms with Crippen molar-refractivity contribution in [1.29, 1.82) is 0 Å². The lowest BCUT2D eigenvalue weighted by Gasteiger charge is -2.26. The number of nitrogens with one attached hydrogen (secondary N) is 1. The Labute approximate surface area is 145 Å². The first-order valence-electron chi connectivity index (χ1n) is 7.97. The van der Waals surface area contributed by atoms with Gasteiger partial charge in [0, 0.05) is 25.4 Å². The summed E-state index contributed by atoms with van der Waals surface area (Å²) in [5.74, 6) is -1.34. The lowest BCUT2D eigenvalue weighted by atomic mass is 10.1. The van der Waals surface area contributed by atoms with Crippen LogP contribution in [0.5, 0.6) is 0 Å². The Morgan fingerprint density at radius 3 is 2.44 bits per heavy atom. The second kappa shape index (κ2) is 7.40. The van der Waals surface area contributed by atoms with Gasteiger partial charge in [-0.15, -0.1) is 0 Å². The second-order valence-corrected chi connectivity index (χ2v) is 7.59. The number of nitrogens with zero attached hydrogens (tertiary/aromatic N) is 3. The average molecular weight is 368 g/mol. The van der Waals surface area contributed by atoms with Crippen LogP contribution in [0, 0.1) is 11.6 Å². The number of sulfonamides is 1. The highest BCUT2D eigenvalue weighted by Gasteiger charge is 2.18. The van der Waals surface area contributed by atoms with E-state index < -0.39 is 26.6 Å². The summed E-state index contributed by atoms with van der Waals surface area (Å²) in [5, 5.41) is 0. The maximum atomic E-state index is 13.2. The van der Waals surface area contributed by atoms with Gasteiger partial charge in [-0.25, -0.2) is 31.9 Å². The summed E-state index contributed by atoms with van der Waals surface area (Å²) in [6, 6.07) is 3.76. The molecule has 2 aromatic rings. The topological polar surface area (TPSA) is 75.2 Å². The highest BCUT2D eigenvalue weighted by molar-refractivity contribution is 7.89. The first-order valence-corrected chi connectivity index (χ1v) is 9.45. The van der Waals surface area contributed by atoms with E-state index in [1.165, 1.54) is 6.42 Å². The highest BCUT2D eigenvalue weighted by atomic mass is 32.2. The second-order valence-electron chi connectivity index (χ2n) is 5.83. The first-order chi connectivity index (χ1) is 11.9. The number of anilines is 1. The Morgan fingerprint density at radius 2 is 1.76 bits per heavy atom. The zero-order valence-corrected chi connectivity index (χ0v) is 14.3. The normalized spacial score (nSPS) is 15.4. The first kappa shape index (κ1) is 17.7. The van der Waals surface area contributed by atoms with E-state index in [0.717, 1.165) is 38.1 Å². The third-order valence-electron chi connectivity index (χ3n) is 3.93. The molecule has 0 saturated carbocycles. The summed E-state index contributed by atoms with van der Waals surface area (Å²) < 4.78 is 53.1. The van der Waals surface area contributed by atoms with Gasteiger partial charge in [0.25, 0.3) is 0 Å². The predicted molar refractivity (Wildman–Crippen MR) is 88.5 cm³/mol. The highest BCUT2D eigenvalue weighted by Crippen LogP contribution is 2.16. The summed E-state index contributed by atoms with van der Waals surface area (Å²) in [7, 11) is -4.05. The minimum absolute atomic E-state index is 0.0934. The van der Waals surface area contributed by atoms with E-state index in [1.54, 1.807) is 12.3 Å².